The van der Waals surface area contributed by atoms with Gasteiger partial charge < -0.3 is 10.2 Å². The predicted octanol–water partition coefficient (Wildman–Crippen LogP) is 2.21. The fourth-order valence-electron chi connectivity index (χ4n) is 3.24. The molecule has 2 heterocycles. The maximum Gasteiger partial charge on any atom is 0.00248 e. The topological polar surface area (TPSA) is 15.3 Å². The van der Waals surface area contributed by atoms with Crippen molar-refractivity contribution >= 4 is 0 Å². The number of hydrogen-bond donors (Lipinski definition) is 1. The Labute approximate surface area is 101 Å². The molecule has 2 nitrogen and oxygen atoms in total. The highest BCUT2D eigenvalue weighted by molar-refractivity contribution is 4.83. The third-order valence-corrected chi connectivity index (χ3v) is 4.75. The van der Waals surface area contributed by atoms with Crippen LogP contribution in [-0.2, 0) is 0 Å². The van der Waals surface area contributed by atoms with E-state index in [2.05, 4.69) is 31.0 Å². The Morgan fingerprint density at radius 1 is 1.19 bits per heavy atom. The lowest BCUT2D eigenvalue weighted by atomic mass is 9.86. The molecule has 0 aromatic heterocycles. The summed E-state index contributed by atoms with van der Waals surface area (Å²) in [5, 5.41) is 3.51. The number of nitrogens with one attached hydrogen (secondary N) is 1. The van der Waals surface area contributed by atoms with Crippen molar-refractivity contribution in [3.63, 3.8) is 0 Å². The Kier molecular flexibility index (Phi) is 4.26. The second kappa shape index (κ2) is 5.50. The molecule has 2 aliphatic heterocycles. The van der Waals surface area contributed by atoms with Crippen LogP contribution in [0.1, 0.15) is 33.6 Å². The minimum Gasteiger partial charge on any atom is -0.316 e. The Balaban J connectivity index is 1.72. The lowest BCUT2D eigenvalue weighted by Crippen LogP contribution is -2.39. The van der Waals surface area contributed by atoms with Crippen molar-refractivity contribution in [1.82, 2.24) is 10.2 Å². The van der Waals surface area contributed by atoms with Gasteiger partial charge in [-0.1, -0.05) is 20.8 Å². The highest BCUT2D eigenvalue weighted by Crippen LogP contribution is 2.26. The van der Waals surface area contributed by atoms with Gasteiger partial charge in [0.1, 0.15) is 0 Å². The third kappa shape index (κ3) is 2.98. The molecular formula is C14H28N2. The van der Waals surface area contributed by atoms with Crippen LogP contribution in [-0.4, -0.2) is 37.6 Å². The van der Waals surface area contributed by atoms with Gasteiger partial charge in [0.15, 0.2) is 0 Å². The average Bonchev–Trinajstić information content (AvgIpc) is 2.65. The highest BCUT2D eigenvalue weighted by atomic mass is 15.1. The Morgan fingerprint density at radius 2 is 1.88 bits per heavy atom. The van der Waals surface area contributed by atoms with E-state index in [0.717, 1.165) is 23.7 Å². The highest BCUT2D eigenvalue weighted by Gasteiger charge is 2.27. The second-order valence-electron chi connectivity index (χ2n) is 6.28. The molecule has 0 saturated carbocycles. The van der Waals surface area contributed by atoms with Crippen LogP contribution in [0.4, 0.5) is 0 Å². The first-order valence-corrected chi connectivity index (χ1v) is 7.10. The van der Waals surface area contributed by atoms with E-state index >= 15 is 0 Å². The SMILES string of the molecule is CC(C)C1CCN(CC2CNCC2C)CC1. The molecule has 2 unspecified atom stereocenters. The summed E-state index contributed by atoms with van der Waals surface area (Å²) in [5.41, 5.74) is 0. The summed E-state index contributed by atoms with van der Waals surface area (Å²) in [6, 6.07) is 0. The Bertz CT molecular complexity index is 207. The first-order chi connectivity index (χ1) is 7.66. The molecule has 0 aliphatic carbocycles. The largest absolute Gasteiger partial charge is 0.316 e. The van der Waals surface area contributed by atoms with E-state index in [1.54, 1.807) is 0 Å². The van der Waals surface area contributed by atoms with E-state index in [-0.39, 0.29) is 0 Å². The summed E-state index contributed by atoms with van der Waals surface area (Å²) in [7, 11) is 0. The molecule has 0 amide bonds. The van der Waals surface area contributed by atoms with Gasteiger partial charge in [-0.3, -0.25) is 0 Å². The minimum absolute atomic E-state index is 0.878. The van der Waals surface area contributed by atoms with Gasteiger partial charge in [0, 0.05) is 6.54 Å². The molecule has 2 fully saturated rings. The normalized spacial score (nSPS) is 33.8. The van der Waals surface area contributed by atoms with Gasteiger partial charge >= 0.3 is 0 Å². The third-order valence-electron chi connectivity index (χ3n) is 4.75. The Morgan fingerprint density at radius 3 is 2.38 bits per heavy atom. The molecule has 0 radical (unpaired) electrons. The second-order valence-corrected chi connectivity index (χ2v) is 6.28. The van der Waals surface area contributed by atoms with Gasteiger partial charge in [0.2, 0.25) is 0 Å². The lowest BCUT2D eigenvalue weighted by molar-refractivity contribution is 0.135. The average molecular weight is 224 g/mol. The molecule has 0 spiro atoms. The molecule has 2 atom stereocenters. The molecule has 2 saturated heterocycles. The maximum atomic E-state index is 3.51. The molecule has 0 aromatic rings. The molecule has 16 heavy (non-hydrogen) atoms. The summed E-state index contributed by atoms with van der Waals surface area (Å²) in [5.74, 6) is 3.64. The van der Waals surface area contributed by atoms with Crippen molar-refractivity contribution in [2.75, 3.05) is 32.7 Å². The lowest BCUT2D eigenvalue weighted by Gasteiger charge is -2.35. The van der Waals surface area contributed by atoms with Crippen molar-refractivity contribution in [3.05, 3.63) is 0 Å². The van der Waals surface area contributed by atoms with Crippen LogP contribution in [0.15, 0.2) is 0 Å². The van der Waals surface area contributed by atoms with Crippen molar-refractivity contribution < 1.29 is 0 Å². The van der Waals surface area contributed by atoms with E-state index in [9.17, 15) is 0 Å². The van der Waals surface area contributed by atoms with Crippen molar-refractivity contribution in [2.24, 2.45) is 23.7 Å². The summed E-state index contributed by atoms with van der Waals surface area (Å²) in [6.07, 6.45) is 2.85. The van der Waals surface area contributed by atoms with Gasteiger partial charge in [-0.05, 0) is 62.7 Å². The maximum absolute atomic E-state index is 3.51. The number of nitrogens with zero attached hydrogens (tertiary/aromatic N) is 1. The van der Waals surface area contributed by atoms with Gasteiger partial charge in [0.25, 0.3) is 0 Å². The van der Waals surface area contributed by atoms with E-state index in [4.69, 9.17) is 0 Å². The van der Waals surface area contributed by atoms with Crippen molar-refractivity contribution in [3.8, 4) is 0 Å². The summed E-state index contributed by atoms with van der Waals surface area (Å²) >= 11 is 0. The van der Waals surface area contributed by atoms with E-state index in [1.165, 1.54) is 45.6 Å². The molecule has 2 heteroatoms. The summed E-state index contributed by atoms with van der Waals surface area (Å²) in [4.78, 5) is 2.70. The molecule has 2 aliphatic rings. The van der Waals surface area contributed by atoms with Crippen LogP contribution in [0.3, 0.4) is 0 Å². The standard InChI is InChI=1S/C14H28N2/c1-11(2)13-4-6-16(7-5-13)10-14-9-15-8-12(14)3/h11-15H,4-10H2,1-3H3. The van der Waals surface area contributed by atoms with Crippen LogP contribution in [0.25, 0.3) is 0 Å². The van der Waals surface area contributed by atoms with Crippen molar-refractivity contribution in [1.29, 1.82) is 0 Å². The zero-order valence-corrected chi connectivity index (χ0v) is 11.2. The first kappa shape index (κ1) is 12.4. The van der Waals surface area contributed by atoms with Crippen LogP contribution >= 0.6 is 0 Å². The number of likely N-dealkylation sites (tertiary alicyclic amines) is 1. The van der Waals surface area contributed by atoms with E-state index in [0.29, 0.717) is 0 Å². The monoisotopic (exact) mass is 224 g/mol. The van der Waals surface area contributed by atoms with E-state index in [1.807, 2.05) is 0 Å². The molecule has 94 valence electrons. The number of piperidine rings is 1. The summed E-state index contributed by atoms with van der Waals surface area (Å²) < 4.78 is 0. The summed E-state index contributed by atoms with van der Waals surface area (Å²) in [6.45, 7) is 13.6. The number of hydrogen-bond acceptors (Lipinski definition) is 2. The van der Waals surface area contributed by atoms with E-state index < -0.39 is 0 Å². The smallest absolute Gasteiger partial charge is 0.00248 e. The fourth-order valence-corrected chi connectivity index (χ4v) is 3.24. The molecule has 0 aromatic carbocycles. The minimum atomic E-state index is 0.878. The molecule has 0 bridgehead atoms. The van der Waals surface area contributed by atoms with Crippen LogP contribution in [0, 0.1) is 23.7 Å². The zero-order valence-electron chi connectivity index (χ0n) is 11.2. The predicted molar refractivity (Wildman–Crippen MR) is 69.5 cm³/mol. The van der Waals surface area contributed by atoms with Gasteiger partial charge in [-0.15, -0.1) is 0 Å². The number of rotatable bonds is 3. The molecule has 2 rings (SSSR count). The first-order valence-electron chi connectivity index (χ1n) is 7.10. The van der Waals surface area contributed by atoms with Gasteiger partial charge in [0.05, 0.1) is 0 Å². The van der Waals surface area contributed by atoms with Crippen molar-refractivity contribution in [2.45, 2.75) is 33.6 Å². The quantitative estimate of drug-likeness (QED) is 0.791. The van der Waals surface area contributed by atoms with Crippen LogP contribution in [0.5, 0.6) is 0 Å². The van der Waals surface area contributed by atoms with Gasteiger partial charge in [-0.25, -0.2) is 0 Å². The molecule has 1 N–H and O–H groups in total. The molecular weight excluding hydrogens is 196 g/mol. The van der Waals surface area contributed by atoms with Crippen LogP contribution in [0.2, 0.25) is 0 Å². The van der Waals surface area contributed by atoms with Gasteiger partial charge in [-0.2, -0.15) is 0 Å². The fraction of sp³-hybridized carbons (Fsp3) is 1.00. The zero-order chi connectivity index (χ0) is 11.5. The van der Waals surface area contributed by atoms with Crippen LogP contribution < -0.4 is 5.32 Å². The Hall–Kier alpha value is -0.0800.